The summed E-state index contributed by atoms with van der Waals surface area (Å²) in [5.41, 5.74) is 16.4. The molecule has 12 aromatic rings. The molecule has 782 valence electrons. The average molecular weight is 2020 g/mol. The maximum Gasteiger partial charge on any atom is 0.274 e. The van der Waals surface area contributed by atoms with Crippen molar-refractivity contribution in [1.82, 2.24) is 58.7 Å². The largest absolute Gasteiger partial charge is 0.493 e. The Morgan fingerprint density at radius 2 is 0.698 bits per heavy atom. The van der Waals surface area contributed by atoms with Crippen molar-refractivity contribution in [2.24, 2.45) is 0 Å². The number of benzene rings is 9. The zero-order valence-corrected chi connectivity index (χ0v) is 88.0. The van der Waals surface area contributed by atoms with Gasteiger partial charge < -0.3 is 70.1 Å². The van der Waals surface area contributed by atoms with Crippen molar-refractivity contribution in [1.29, 1.82) is 5.26 Å². The van der Waals surface area contributed by atoms with E-state index < -0.39 is 24.0 Å². The van der Waals surface area contributed by atoms with Crippen LogP contribution in [0.4, 0.5) is 17.1 Å². The second-order valence-corrected chi connectivity index (χ2v) is 38.6. The fraction of sp³-hybridized carbons (Fsp3) is 0.387. The van der Waals surface area contributed by atoms with Crippen LogP contribution in [0.1, 0.15) is 266 Å². The van der Waals surface area contributed by atoms with E-state index in [2.05, 4.69) is 63.6 Å². The number of fused-ring (bicyclic) bond motifs is 3. The molecule has 0 aliphatic carbocycles. The van der Waals surface area contributed by atoms with E-state index in [-0.39, 0.29) is 103 Å². The van der Waals surface area contributed by atoms with Gasteiger partial charge in [-0.15, -0.1) is 0 Å². The molecule has 4 atom stereocenters. The van der Waals surface area contributed by atoms with Crippen molar-refractivity contribution in [3.8, 4) is 34.6 Å². The number of aliphatic hydroxyl groups is 3. The third-order valence-corrected chi connectivity index (χ3v) is 27.7. The number of hydrogen-bond donors (Lipinski definition) is 6. The third-order valence-electron chi connectivity index (χ3n) is 27.7. The Bertz CT molecular complexity index is 6680. The van der Waals surface area contributed by atoms with Crippen LogP contribution in [0.3, 0.4) is 0 Å². The maximum absolute atomic E-state index is 14.6. The first-order valence-electron chi connectivity index (χ1n) is 52.3. The SMILES string of the molecule is CCCCN(CCCC)C(=O)c1cc(C)n(-c2ccc(NC(=O)C(CC#N)c3ccccc3)cc2C(=O)N2Cc3ccccc3C[C@H]2CO)n1.CCCCN(CCCC)C(=O)c1cc(C)n(-c2ccc(NC(=O)Cc3ccc(C)cc3)cc2C(=O)N2Cc3ccccc3C[C@H]2CO)n1.CCCCN(CCCC)C(=O)c1cc(C)n(-c2ccc(NC(=O)Cc3ccc(OC)c(OC)c3)cc2C(=O)N2Cc3ccccc3C[C@H]2CO)n1. The van der Waals surface area contributed by atoms with E-state index in [0.29, 0.717) is 169 Å². The zero-order valence-electron chi connectivity index (χ0n) is 88.0. The highest BCUT2D eigenvalue weighted by Gasteiger charge is 2.38. The van der Waals surface area contributed by atoms with Crippen LogP contribution in [-0.4, -0.2) is 219 Å². The van der Waals surface area contributed by atoms with Crippen LogP contribution >= 0.6 is 0 Å². The first-order chi connectivity index (χ1) is 72.2. The number of hydrogen-bond acceptors (Lipinski definition) is 18. The van der Waals surface area contributed by atoms with Gasteiger partial charge in [-0.3, -0.25) is 43.2 Å². The molecule has 30 nitrogen and oxygen atoms in total. The minimum absolute atomic E-state index is 0.0120. The van der Waals surface area contributed by atoms with Crippen LogP contribution in [0, 0.1) is 39.0 Å². The predicted octanol–water partition coefficient (Wildman–Crippen LogP) is 18.7. The van der Waals surface area contributed by atoms with Crippen LogP contribution in [0.2, 0.25) is 0 Å². The predicted molar refractivity (Wildman–Crippen MR) is 578 cm³/mol. The monoisotopic (exact) mass is 2020 g/mol. The van der Waals surface area contributed by atoms with Crippen molar-refractivity contribution in [3.63, 3.8) is 0 Å². The summed E-state index contributed by atoms with van der Waals surface area (Å²) in [7, 11) is 3.09. The van der Waals surface area contributed by atoms with Gasteiger partial charge in [-0.1, -0.05) is 219 Å². The van der Waals surface area contributed by atoms with Crippen LogP contribution in [0.25, 0.3) is 17.1 Å². The number of amides is 9. The Morgan fingerprint density at radius 1 is 0.383 bits per heavy atom. The Labute approximate surface area is 874 Å². The minimum Gasteiger partial charge on any atom is -0.493 e. The van der Waals surface area contributed by atoms with Crippen molar-refractivity contribution in [2.75, 3.05) is 89.3 Å². The van der Waals surface area contributed by atoms with Crippen molar-refractivity contribution >= 4 is 70.2 Å². The Hall–Kier alpha value is -15.2. The molecule has 6 N–H and O–H groups in total. The first kappa shape index (κ1) is 111. The molecule has 3 aliphatic rings. The molecule has 3 aliphatic heterocycles. The highest BCUT2D eigenvalue weighted by Crippen LogP contribution is 2.37. The van der Waals surface area contributed by atoms with Crippen molar-refractivity contribution in [3.05, 3.63) is 325 Å². The van der Waals surface area contributed by atoms with E-state index in [4.69, 9.17) is 24.8 Å². The lowest BCUT2D eigenvalue weighted by molar-refractivity contribution is -0.117. The molecule has 0 radical (unpaired) electrons. The summed E-state index contributed by atoms with van der Waals surface area (Å²) < 4.78 is 15.6. The standard InChI is InChI=1S/C40H46N6O4.C40H49N5O6.C39H47N5O4/c1-4-6-21-44(22-7-5-2)40(50)36-23-28(3)46(43-36)37-18-17-32(42-38(48)34(19-20-41)29-13-9-8-10-14-29)25-35(37)39(49)45-26-31-16-12-11-15-30(31)24-33(45)27-47;1-6-8-18-43(19-9-7-2)40(49)34-20-27(3)45(42-34)35-16-15-31(41-38(47)22-28-14-17-36(50-4)37(21-28)51-5)24-33(35)39(48)44-25-30-13-11-10-12-29(30)23-32(44)26-46;1-5-7-19-42(20-8-6-2)39(48)35-21-28(4)44(41-35)36-18-17-32(40-37(46)22-29-15-13-27(3)14-16-29)24-34(36)38(47)43-25-31-12-10-9-11-30(31)23-33(43)26-45/h8-18,23,25,33-34,47H,4-7,19,21-22,24,26-27H2,1-3H3,(H,42,48);10-17,20-21,24,32,46H,6-9,18-19,22-23,25-26H2,1-5H3,(H,41,47);9-18,21,24,33,45H,5-8,19-20,22-23,25-26H2,1-4H3,(H,40,46)/t33-,34?;32-;33-/m000/s1. The van der Waals surface area contributed by atoms with Crippen LogP contribution in [-0.2, 0) is 66.1 Å². The lowest BCUT2D eigenvalue weighted by atomic mass is 9.93. The normalized spacial score (nSPS) is 14.1. The van der Waals surface area contributed by atoms with E-state index in [1.54, 1.807) is 134 Å². The summed E-state index contributed by atoms with van der Waals surface area (Å²) in [6, 6.07) is 67.4. The smallest absolute Gasteiger partial charge is 0.274 e. The molecule has 149 heavy (non-hydrogen) atoms. The molecule has 0 spiro atoms. The molecule has 0 bridgehead atoms. The fourth-order valence-corrected chi connectivity index (χ4v) is 19.2. The van der Waals surface area contributed by atoms with Gasteiger partial charge in [0.25, 0.3) is 35.4 Å². The maximum atomic E-state index is 14.6. The second-order valence-electron chi connectivity index (χ2n) is 38.6. The number of rotatable bonds is 42. The van der Waals surface area contributed by atoms with Gasteiger partial charge in [-0.25, -0.2) is 14.0 Å². The van der Waals surface area contributed by atoms with Crippen molar-refractivity contribution < 1.29 is 67.9 Å². The molecule has 0 saturated carbocycles. The Kier molecular flexibility index (Phi) is 40.2. The number of anilines is 3. The molecule has 9 amide bonds. The van der Waals surface area contributed by atoms with E-state index in [0.717, 1.165) is 127 Å². The number of methoxy groups -OCH3 is 2. The topological polar surface area (TPSA) is 366 Å². The molecular formula is C119H142N16O14. The number of nitriles is 1. The number of carbonyl (C=O) groups excluding carboxylic acids is 9. The summed E-state index contributed by atoms with van der Waals surface area (Å²) in [5, 5.41) is 63.8. The van der Waals surface area contributed by atoms with Gasteiger partial charge in [0.1, 0.15) is 0 Å². The fourth-order valence-electron chi connectivity index (χ4n) is 19.2. The molecular weight excluding hydrogens is 1880 g/mol. The summed E-state index contributed by atoms with van der Waals surface area (Å²) >= 11 is 0. The van der Waals surface area contributed by atoms with Gasteiger partial charge in [-0.05, 0) is 220 Å². The van der Waals surface area contributed by atoms with E-state index in [1.807, 2.05) is 170 Å². The molecule has 15 rings (SSSR count). The minimum atomic E-state index is -0.706. The molecule has 0 fully saturated rings. The van der Waals surface area contributed by atoms with Crippen LogP contribution in [0.5, 0.6) is 11.5 Å². The molecule has 30 heteroatoms. The Balaban J connectivity index is 0.000000186. The second kappa shape index (κ2) is 53.9. The number of nitrogens with one attached hydrogen (secondary N) is 3. The number of ether oxygens (including phenoxy) is 2. The number of aromatic nitrogens is 6. The molecule has 1 unspecified atom stereocenters. The molecule has 3 aromatic heterocycles. The number of unbranched alkanes of at least 4 members (excludes halogenated alkanes) is 6. The van der Waals surface area contributed by atoms with Crippen LogP contribution in [0.15, 0.2) is 218 Å². The molecule has 9 aromatic carbocycles. The quantitative estimate of drug-likeness (QED) is 0.0207. The zero-order chi connectivity index (χ0) is 106. The number of aliphatic hydroxyl groups excluding tert-OH is 3. The van der Waals surface area contributed by atoms with E-state index in [9.17, 15) is 63.7 Å². The van der Waals surface area contributed by atoms with Crippen molar-refractivity contribution in [2.45, 2.75) is 228 Å². The van der Waals surface area contributed by atoms with Gasteiger partial charge in [0.15, 0.2) is 28.6 Å². The highest BCUT2D eigenvalue weighted by molar-refractivity contribution is 6.05. The number of nitrogens with zero attached hydrogens (tertiary/aromatic N) is 13. The summed E-state index contributed by atoms with van der Waals surface area (Å²) in [5.74, 6) is -1.83. The van der Waals surface area contributed by atoms with Gasteiger partial charge in [0.05, 0.1) is 117 Å². The number of aryl methyl sites for hydroxylation is 4. The van der Waals surface area contributed by atoms with Gasteiger partial charge in [-0.2, -0.15) is 20.6 Å². The lowest BCUT2D eigenvalue weighted by Crippen LogP contribution is -2.46. The molecule has 0 saturated heterocycles. The van der Waals surface area contributed by atoms with Gasteiger partial charge in [0, 0.05) is 93.0 Å². The lowest BCUT2D eigenvalue weighted by Gasteiger charge is -2.36. The summed E-state index contributed by atoms with van der Waals surface area (Å²) in [4.78, 5) is 135. The van der Waals surface area contributed by atoms with Gasteiger partial charge >= 0.3 is 0 Å². The Morgan fingerprint density at radius 3 is 1.02 bits per heavy atom. The van der Waals surface area contributed by atoms with Gasteiger partial charge in [0.2, 0.25) is 17.7 Å². The average Bonchev–Trinajstić information content (AvgIpc) is 1.76. The number of carbonyl (C=O) groups is 9. The highest BCUT2D eigenvalue weighted by atomic mass is 16.5. The van der Waals surface area contributed by atoms with E-state index in [1.165, 1.54) is 0 Å². The molecule has 6 heterocycles. The first-order valence-corrected chi connectivity index (χ1v) is 52.3. The van der Waals surface area contributed by atoms with E-state index >= 15 is 0 Å². The third kappa shape index (κ3) is 28.0. The van der Waals surface area contributed by atoms with Crippen LogP contribution < -0.4 is 25.4 Å². The summed E-state index contributed by atoms with van der Waals surface area (Å²) in [6.07, 6.45) is 13.1. The summed E-state index contributed by atoms with van der Waals surface area (Å²) in [6.45, 7) is 24.5.